The van der Waals surface area contributed by atoms with E-state index < -0.39 is 0 Å². The molecule has 0 saturated heterocycles. The van der Waals surface area contributed by atoms with Crippen LogP contribution in [0.5, 0.6) is 0 Å². The third-order valence-corrected chi connectivity index (χ3v) is 4.47. The van der Waals surface area contributed by atoms with Gasteiger partial charge < -0.3 is 19.7 Å². The van der Waals surface area contributed by atoms with Crippen molar-refractivity contribution in [3.63, 3.8) is 0 Å². The minimum atomic E-state index is -0.176. The van der Waals surface area contributed by atoms with Crippen LogP contribution in [0.15, 0.2) is 29.1 Å². The molecule has 1 heterocycles. The summed E-state index contributed by atoms with van der Waals surface area (Å²) in [4.78, 5) is 33.3. The number of rotatable bonds is 9. The number of amides is 1. The molecule has 0 atom stereocenters. The molecule has 0 spiro atoms. The molecular weight excluding hydrogens is 330 g/mol. The van der Waals surface area contributed by atoms with Gasteiger partial charge in [0.05, 0.1) is 11.0 Å². The highest BCUT2D eigenvalue weighted by atomic mass is 16.2. The third-order valence-electron chi connectivity index (χ3n) is 4.47. The van der Waals surface area contributed by atoms with Gasteiger partial charge >= 0.3 is 0 Å². The molecule has 2 rings (SSSR count). The first-order chi connectivity index (χ1) is 12.5. The number of hydrogen-bond donors (Lipinski definition) is 1. The van der Waals surface area contributed by atoms with Crippen LogP contribution < -0.4 is 15.8 Å². The molecule has 1 N–H and O–H groups in total. The Morgan fingerprint density at radius 1 is 1.19 bits per heavy atom. The van der Waals surface area contributed by atoms with Crippen LogP contribution in [0.3, 0.4) is 0 Å². The summed E-state index contributed by atoms with van der Waals surface area (Å²) in [6.45, 7) is 7.94. The lowest BCUT2D eigenvalue weighted by molar-refractivity contribution is -0.121. The molecule has 142 valence electrons. The van der Waals surface area contributed by atoms with Crippen molar-refractivity contribution in [3.8, 4) is 0 Å². The number of carbonyl (C=O) groups excluding carboxylic acids is 1. The van der Waals surface area contributed by atoms with Crippen molar-refractivity contribution in [2.24, 2.45) is 0 Å². The number of nitrogens with zero attached hydrogens (tertiary/aromatic N) is 4. The average Bonchev–Trinajstić information content (AvgIpc) is 2.63. The molecule has 26 heavy (non-hydrogen) atoms. The first-order valence-corrected chi connectivity index (χ1v) is 9.13. The molecule has 0 aliphatic carbocycles. The monoisotopic (exact) mass is 359 g/mol. The molecule has 0 saturated carbocycles. The van der Waals surface area contributed by atoms with Crippen LogP contribution in [0.25, 0.3) is 11.0 Å². The summed E-state index contributed by atoms with van der Waals surface area (Å²) in [7, 11) is 3.59. The molecule has 2 aromatic rings. The second-order valence-corrected chi connectivity index (χ2v) is 6.40. The summed E-state index contributed by atoms with van der Waals surface area (Å²) in [6, 6.07) is 7.51. The highest BCUT2D eigenvalue weighted by Gasteiger charge is 2.13. The van der Waals surface area contributed by atoms with E-state index in [-0.39, 0.29) is 17.9 Å². The van der Waals surface area contributed by atoms with Crippen molar-refractivity contribution in [3.05, 3.63) is 34.6 Å². The fourth-order valence-corrected chi connectivity index (χ4v) is 2.89. The Morgan fingerprint density at radius 3 is 2.54 bits per heavy atom. The lowest BCUT2D eigenvalue weighted by Gasteiger charge is -2.18. The molecule has 1 amide bonds. The van der Waals surface area contributed by atoms with Crippen molar-refractivity contribution >= 4 is 22.8 Å². The zero-order valence-electron chi connectivity index (χ0n) is 16.2. The zero-order chi connectivity index (χ0) is 19.1. The molecule has 1 aromatic carbocycles. The van der Waals surface area contributed by atoms with E-state index in [1.807, 2.05) is 24.3 Å². The topological polar surface area (TPSA) is 70.5 Å². The largest absolute Gasteiger partial charge is 0.358 e. The Labute approximate surface area is 154 Å². The molecule has 1 aromatic heterocycles. The van der Waals surface area contributed by atoms with Crippen LogP contribution in [-0.4, -0.2) is 60.6 Å². The lowest BCUT2D eigenvalue weighted by atomic mass is 10.2. The van der Waals surface area contributed by atoms with E-state index in [9.17, 15) is 9.59 Å². The number of fused-ring (bicyclic) bond motifs is 1. The maximum Gasteiger partial charge on any atom is 0.293 e. The standard InChI is InChI=1S/C19H29N5O2/c1-5-23(6-2)14-12-20-17(25)11-13-24-16-10-8-7-9-15(16)21-18(19(24)26)22(3)4/h7-10H,5-6,11-14H2,1-4H3,(H,20,25). The van der Waals surface area contributed by atoms with Crippen LogP contribution in [-0.2, 0) is 11.3 Å². The number of aromatic nitrogens is 2. The summed E-state index contributed by atoms with van der Waals surface area (Å²) < 4.78 is 1.64. The van der Waals surface area contributed by atoms with E-state index in [0.717, 1.165) is 30.7 Å². The number of benzene rings is 1. The number of nitrogens with one attached hydrogen (secondary N) is 1. The highest BCUT2D eigenvalue weighted by Crippen LogP contribution is 2.13. The van der Waals surface area contributed by atoms with Gasteiger partial charge in [0.25, 0.3) is 5.56 Å². The highest BCUT2D eigenvalue weighted by molar-refractivity contribution is 5.78. The van der Waals surface area contributed by atoms with Crippen LogP contribution in [0.1, 0.15) is 20.3 Å². The minimum Gasteiger partial charge on any atom is -0.358 e. The fraction of sp³-hybridized carbons (Fsp3) is 0.526. The van der Waals surface area contributed by atoms with Crippen LogP contribution in [0, 0.1) is 0 Å². The Hall–Kier alpha value is -2.41. The first kappa shape index (κ1) is 19.9. The smallest absolute Gasteiger partial charge is 0.293 e. The third kappa shape index (κ3) is 4.82. The van der Waals surface area contributed by atoms with Crippen molar-refractivity contribution < 1.29 is 4.79 Å². The number of hydrogen-bond acceptors (Lipinski definition) is 5. The Bertz CT molecular complexity index is 796. The maximum absolute atomic E-state index is 12.7. The van der Waals surface area contributed by atoms with Gasteiger partial charge in [0, 0.05) is 40.2 Å². The summed E-state index contributed by atoms with van der Waals surface area (Å²) in [5, 5.41) is 2.93. The van der Waals surface area contributed by atoms with Crippen LogP contribution >= 0.6 is 0 Å². The van der Waals surface area contributed by atoms with Gasteiger partial charge in [-0.2, -0.15) is 0 Å². The SMILES string of the molecule is CCN(CC)CCNC(=O)CCn1c(=O)c(N(C)C)nc2ccccc21. The van der Waals surface area contributed by atoms with E-state index in [1.54, 1.807) is 23.6 Å². The van der Waals surface area contributed by atoms with Crippen LogP contribution in [0.4, 0.5) is 5.82 Å². The Morgan fingerprint density at radius 2 is 1.88 bits per heavy atom. The van der Waals surface area contributed by atoms with E-state index in [4.69, 9.17) is 0 Å². The second-order valence-electron chi connectivity index (χ2n) is 6.40. The summed E-state index contributed by atoms with van der Waals surface area (Å²) in [6.07, 6.45) is 0.263. The van der Waals surface area contributed by atoms with E-state index in [1.165, 1.54) is 0 Å². The van der Waals surface area contributed by atoms with E-state index >= 15 is 0 Å². The van der Waals surface area contributed by atoms with E-state index in [0.29, 0.717) is 18.9 Å². The summed E-state index contributed by atoms with van der Waals surface area (Å²) >= 11 is 0. The Balaban J connectivity index is 2.09. The number of aryl methyl sites for hydroxylation is 1. The average molecular weight is 359 g/mol. The zero-order valence-corrected chi connectivity index (χ0v) is 16.2. The van der Waals surface area contributed by atoms with Gasteiger partial charge in [0.1, 0.15) is 0 Å². The molecule has 7 heteroatoms. The second kappa shape index (κ2) is 9.33. The first-order valence-electron chi connectivity index (χ1n) is 9.13. The molecule has 0 fully saturated rings. The predicted molar refractivity (Wildman–Crippen MR) is 106 cm³/mol. The number of likely N-dealkylation sites (N-methyl/N-ethyl adjacent to an activating group) is 1. The molecular formula is C19H29N5O2. The predicted octanol–water partition coefficient (Wildman–Crippen LogP) is 1.31. The lowest BCUT2D eigenvalue weighted by Crippen LogP contribution is -2.36. The molecule has 0 bridgehead atoms. The van der Waals surface area contributed by atoms with Gasteiger partial charge in [-0.1, -0.05) is 26.0 Å². The van der Waals surface area contributed by atoms with Crippen molar-refractivity contribution in [1.82, 2.24) is 19.8 Å². The quantitative estimate of drug-likeness (QED) is 0.731. The van der Waals surface area contributed by atoms with E-state index in [2.05, 4.69) is 29.0 Å². The minimum absolute atomic E-state index is 0.0450. The van der Waals surface area contributed by atoms with Crippen molar-refractivity contribution in [2.75, 3.05) is 45.2 Å². The normalized spacial score (nSPS) is 11.1. The number of carbonyl (C=O) groups is 1. The van der Waals surface area contributed by atoms with Gasteiger partial charge in [-0.15, -0.1) is 0 Å². The Kier molecular flexibility index (Phi) is 7.15. The fourth-order valence-electron chi connectivity index (χ4n) is 2.89. The number of para-hydroxylation sites is 2. The molecule has 0 unspecified atom stereocenters. The van der Waals surface area contributed by atoms with Crippen molar-refractivity contribution in [1.29, 1.82) is 0 Å². The van der Waals surface area contributed by atoms with Crippen molar-refractivity contribution in [2.45, 2.75) is 26.8 Å². The van der Waals surface area contributed by atoms with Gasteiger partial charge in [-0.05, 0) is 25.2 Å². The van der Waals surface area contributed by atoms with Gasteiger partial charge in [0.2, 0.25) is 5.91 Å². The van der Waals surface area contributed by atoms with Gasteiger partial charge in [-0.25, -0.2) is 4.98 Å². The molecule has 7 nitrogen and oxygen atoms in total. The summed E-state index contributed by atoms with van der Waals surface area (Å²) in [5.74, 6) is 0.335. The van der Waals surface area contributed by atoms with Gasteiger partial charge in [0.15, 0.2) is 5.82 Å². The molecule has 0 aliphatic heterocycles. The van der Waals surface area contributed by atoms with Crippen LogP contribution in [0.2, 0.25) is 0 Å². The molecule has 0 radical (unpaired) electrons. The van der Waals surface area contributed by atoms with Gasteiger partial charge in [-0.3, -0.25) is 9.59 Å². The molecule has 0 aliphatic rings. The maximum atomic E-state index is 12.7. The summed E-state index contributed by atoms with van der Waals surface area (Å²) in [5.41, 5.74) is 1.32. The number of anilines is 1.